The first kappa shape index (κ1) is 14.3. The van der Waals surface area contributed by atoms with Crippen LogP contribution in [0.3, 0.4) is 0 Å². The Morgan fingerprint density at radius 2 is 1.94 bits per heavy atom. The smallest absolute Gasteiger partial charge is 0.115 e. The third-order valence-electron chi connectivity index (χ3n) is 4.47. The SMILES string of the molecule is FC(CCCCC1CCOCC1)C1CCCCN1. The van der Waals surface area contributed by atoms with Crippen molar-refractivity contribution in [3.63, 3.8) is 0 Å². The Kier molecular flexibility index (Phi) is 6.42. The fraction of sp³-hybridized carbons (Fsp3) is 1.00. The minimum absolute atomic E-state index is 0.141. The Morgan fingerprint density at radius 3 is 2.67 bits per heavy atom. The summed E-state index contributed by atoms with van der Waals surface area (Å²) in [5, 5.41) is 3.32. The van der Waals surface area contributed by atoms with Gasteiger partial charge in [0.15, 0.2) is 0 Å². The van der Waals surface area contributed by atoms with Crippen LogP contribution in [0, 0.1) is 5.92 Å². The van der Waals surface area contributed by atoms with Gasteiger partial charge in [0.2, 0.25) is 0 Å². The largest absolute Gasteiger partial charge is 0.381 e. The van der Waals surface area contributed by atoms with Gasteiger partial charge in [0.25, 0.3) is 0 Å². The molecule has 0 aromatic heterocycles. The number of ether oxygens (including phenoxy) is 1. The number of hydrogen-bond donors (Lipinski definition) is 1. The van der Waals surface area contributed by atoms with E-state index in [1.165, 1.54) is 38.5 Å². The highest BCUT2D eigenvalue weighted by Gasteiger charge is 2.22. The van der Waals surface area contributed by atoms with Gasteiger partial charge in [-0.3, -0.25) is 0 Å². The molecule has 2 fully saturated rings. The van der Waals surface area contributed by atoms with Crippen LogP contribution in [-0.4, -0.2) is 32.0 Å². The molecule has 2 rings (SSSR count). The molecule has 2 saturated heterocycles. The van der Waals surface area contributed by atoms with Gasteiger partial charge in [0.1, 0.15) is 6.17 Å². The summed E-state index contributed by atoms with van der Waals surface area (Å²) in [4.78, 5) is 0. The molecule has 3 heteroatoms. The molecule has 0 spiro atoms. The lowest BCUT2D eigenvalue weighted by atomic mass is 9.92. The molecule has 2 unspecified atom stereocenters. The number of rotatable bonds is 6. The van der Waals surface area contributed by atoms with Crippen molar-refractivity contribution < 1.29 is 9.13 Å². The van der Waals surface area contributed by atoms with E-state index in [0.717, 1.165) is 44.9 Å². The molecule has 0 bridgehead atoms. The fourth-order valence-corrected chi connectivity index (χ4v) is 3.20. The van der Waals surface area contributed by atoms with E-state index in [1.807, 2.05) is 0 Å². The minimum Gasteiger partial charge on any atom is -0.381 e. The van der Waals surface area contributed by atoms with Crippen molar-refractivity contribution in [1.82, 2.24) is 5.32 Å². The maximum Gasteiger partial charge on any atom is 0.115 e. The van der Waals surface area contributed by atoms with Crippen molar-refractivity contribution in [2.24, 2.45) is 5.92 Å². The number of alkyl halides is 1. The summed E-state index contributed by atoms with van der Waals surface area (Å²) < 4.78 is 19.3. The van der Waals surface area contributed by atoms with Crippen molar-refractivity contribution in [3.8, 4) is 0 Å². The van der Waals surface area contributed by atoms with Crippen LogP contribution in [-0.2, 0) is 4.74 Å². The van der Waals surface area contributed by atoms with Crippen LogP contribution in [0.25, 0.3) is 0 Å². The van der Waals surface area contributed by atoms with E-state index >= 15 is 0 Å². The molecule has 2 atom stereocenters. The molecule has 0 aromatic carbocycles. The molecule has 0 aromatic rings. The summed E-state index contributed by atoms with van der Waals surface area (Å²) in [6.07, 6.45) is 9.50. The van der Waals surface area contributed by atoms with Gasteiger partial charge in [0, 0.05) is 19.3 Å². The zero-order chi connectivity index (χ0) is 12.6. The number of hydrogen-bond acceptors (Lipinski definition) is 2. The summed E-state index contributed by atoms with van der Waals surface area (Å²) in [6, 6.07) is 0.141. The lowest BCUT2D eigenvalue weighted by Gasteiger charge is -2.27. The molecule has 2 aliphatic rings. The second kappa shape index (κ2) is 8.11. The first-order valence-corrected chi connectivity index (χ1v) is 7.81. The summed E-state index contributed by atoms with van der Waals surface area (Å²) >= 11 is 0. The normalized spacial score (nSPS) is 28.2. The molecule has 18 heavy (non-hydrogen) atoms. The van der Waals surface area contributed by atoms with Gasteiger partial charge in [0.05, 0.1) is 0 Å². The summed E-state index contributed by atoms with van der Waals surface area (Å²) in [6.45, 7) is 2.87. The van der Waals surface area contributed by atoms with E-state index in [4.69, 9.17) is 4.74 Å². The molecule has 1 N–H and O–H groups in total. The highest BCUT2D eigenvalue weighted by molar-refractivity contribution is 4.79. The van der Waals surface area contributed by atoms with Gasteiger partial charge in [-0.1, -0.05) is 25.7 Å². The lowest BCUT2D eigenvalue weighted by Crippen LogP contribution is -2.41. The number of halogens is 1. The summed E-state index contributed by atoms with van der Waals surface area (Å²) in [5.41, 5.74) is 0. The van der Waals surface area contributed by atoms with Gasteiger partial charge in [-0.05, 0) is 44.6 Å². The van der Waals surface area contributed by atoms with E-state index in [-0.39, 0.29) is 6.04 Å². The average Bonchev–Trinajstić information content (AvgIpc) is 2.45. The number of piperidine rings is 1. The van der Waals surface area contributed by atoms with E-state index in [1.54, 1.807) is 0 Å². The van der Waals surface area contributed by atoms with E-state index in [0.29, 0.717) is 0 Å². The van der Waals surface area contributed by atoms with E-state index < -0.39 is 6.17 Å². The van der Waals surface area contributed by atoms with Crippen LogP contribution in [0.5, 0.6) is 0 Å². The molecule has 2 nitrogen and oxygen atoms in total. The molecule has 2 heterocycles. The first-order chi connectivity index (χ1) is 8.86. The van der Waals surface area contributed by atoms with Crippen LogP contribution in [0.2, 0.25) is 0 Å². The standard InChI is InChI=1S/C15H28FNO/c16-14(15-7-3-4-10-17-15)6-2-1-5-13-8-11-18-12-9-13/h13-15,17H,1-12H2. The molecule has 0 saturated carbocycles. The van der Waals surface area contributed by atoms with Gasteiger partial charge >= 0.3 is 0 Å². The topological polar surface area (TPSA) is 21.3 Å². The zero-order valence-electron chi connectivity index (χ0n) is 11.5. The van der Waals surface area contributed by atoms with Gasteiger partial charge in [-0.2, -0.15) is 0 Å². The molecule has 2 aliphatic heterocycles. The Balaban J connectivity index is 1.51. The molecular formula is C15H28FNO. The van der Waals surface area contributed by atoms with Crippen molar-refractivity contribution in [2.75, 3.05) is 19.8 Å². The van der Waals surface area contributed by atoms with E-state index in [2.05, 4.69) is 5.32 Å². The van der Waals surface area contributed by atoms with Crippen molar-refractivity contribution >= 4 is 0 Å². The first-order valence-electron chi connectivity index (χ1n) is 7.81. The summed E-state index contributed by atoms with van der Waals surface area (Å²) in [5.74, 6) is 0.838. The second-order valence-electron chi connectivity index (χ2n) is 5.91. The monoisotopic (exact) mass is 257 g/mol. The third-order valence-corrected chi connectivity index (χ3v) is 4.47. The predicted molar refractivity (Wildman–Crippen MR) is 72.5 cm³/mol. The van der Waals surface area contributed by atoms with Crippen LogP contribution < -0.4 is 5.32 Å². The Labute approximate surface area is 111 Å². The third kappa shape index (κ3) is 4.85. The van der Waals surface area contributed by atoms with E-state index in [9.17, 15) is 4.39 Å². The van der Waals surface area contributed by atoms with Crippen LogP contribution in [0.4, 0.5) is 4.39 Å². The zero-order valence-corrected chi connectivity index (χ0v) is 11.5. The molecule has 0 aliphatic carbocycles. The van der Waals surface area contributed by atoms with Gasteiger partial charge in [-0.25, -0.2) is 4.39 Å². The summed E-state index contributed by atoms with van der Waals surface area (Å²) in [7, 11) is 0. The van der Waals surface area contributed by atoms with Crippen molar-refractivity contribution in [1.29, 1.82) is 0 Å². The molecule has 0 amide bonds. The van der Waals surface area contributed by atoms with Gasteiger partial charge in [-0.15, -0.1) is 0 Å². The van der Waals surface area contributed by atoms with Crippen LogP contribution in [0.1, 0.15) is 57.8 Å². The second-order valence-corrected chi connectivity index (χ2v) is 5.91. The number of nitrogens with one attached hydrogen (secondary N) is 1. The fourth-order valence-electron chi connectivity index (χ4n) is 3.20. The Hall–Kier alpha value is -0.150. The molecule has 0 radical (unpaired) electrons. The quantitative estimate of drug-likeness (QED) is 0.736. The predicted octanol–water partition coefficient (Wildman–Crippen LogP) is 3.45. The average molecular weight is 257 g/mol. The number of unbranched alkanes of at least 4 members (excludes halogenated alkanes) is 1. The minimum atomic E-state index is -0.625. The highest BCUT2D eigenvalue weighted by atomic mass is 19.1. The maximum atomic E-state index is 14.0. The van der Waals surface area contributed by atoms with Crippen LogP contribution >= 0.6 is 0 Å². The van der Waals surface area contributed by atoms with Crippen LogP contribution in [0.15, 0.2) is 0 Å². The van der Waals surface area contributed by atoms with Crippen molar-refractivity contribution in [3.05, 3.63) is 0 Å². The Bertz CT molecular complexity index is 213. The van der Waals surface area contributed by atoms with Gasteiger partial charge < -0.3 is 10.1 Å². The Morgan fingerprint density at radius 1 is 1.11 bits per heavy atom. The lowest BCUT2D eigenvalue weighted by molar-refractivity contribution is 0.0628. The molecule has 106 valence electrons. The highest BCUT2D eigenvalue weighted by Crippen LogP contribution is 2.23. The maximum absolute atomic E-state index is 14.0. The molecular weight excluding hydrogens is 229 g/mol. The van der Waals surface area contributed by atoms with Crippen molar-refractivity contribution in [2.45, 2.75) is 70.0 Å².